The van der Waals surface area contributed by atoms with E-state index >= 15 is 0 Å². The molecule has 1 aromatic rings. The topological polar surface area (TPSA) is 61.8 Å². The predicted molar refractivity (Wildman–Crippen MR) is 65.3 cm³/mol. The van der Waals surface area contributed by atoms with Crippen molar-refractivity contribution in [1.82, 2.24) is 4.90 Å². The van der Waals surface area contributed by atoms with Crippen LogP contribution in [0.2, 0.25) is 0 Å². The first kappa shape index (κ1) is 14.4. The minimum Gasteiger partial charge on any atom is -0.409 e. The standard InChI is InChI=1S/C12H17F2N3O/c1-2-3-17(8-12(15)16-18)7-9-4-10(13)6-11(14)5-9/h4-6,18H,2-3,7-8H2,1H3,(H2,15,16). The second-order valence-electron chi connectivity index (χ2n) is 4.08. The minimum atomic E-state index is -0.606. The van der Waals surface area contributed by atoms with Crippen LogP contribution >= 0.6 is 0 Å². The van der Waals surface area contributed by atoms with Crippen LogP contribution in [0.5, 0.6) is 0 Å². The summed E-state index contributed by atoms with van der Waals surface area (Å²) >= 11 is 0. The summed E-state index contributed by atoms with van der Waals surface area (Å²) in [6.07, 6.45) is 0.858. The number of hydrogen-bond acceptors (Lipinski definition) is 3. The Morgan fingerprint density at radius 2 is 1.94 bits per heavy atom. The third-order valence-corrected chi connectivity index (χ3v) is 2.38. The zero-order valence-electron chi connectivity index (χ0n) is 10.2. The Hall–Kier alpha value is -1.69. The van der Waals surface area contributed by atoms with Crippen LogP contribution in [0.4, 0.5) is 8.78 Å². The zero-order valence-corrected chi connectivity index (χ0v) is 10.2. The van der Waals surface area contributed by atoms with E-state index in [2.05, 4.69) is 5.16 Å². The van der Waals surface area contributed by atoms with Crippen molar-refractivity contribution in [2.24, 2.45) is 10.9 Å². The number of oxime groups is 1. The number of rotatable bonds is 6. The Bertz CT molecular complexity index is 404. The van der Waals surface area contributed by atoms with E-state index in [0.29, 0.717) is 18.7 Å². The largest absolute Gasteiger partial charge is 0.409 e. The lowest BCUT2D eigenvalue weighted by molar-refractivity contribution is 0.285. The van der Waals surface area contributed by atoms with Crippen LogP contribution in [0, 0.1) is 11.6 Å². The first-order valence-corrected chi connectivity index (χ1v) is 5.69. The second kappa shape index (κ2) is 6.90. The number of benzene rings is 1. The molecule has 0 amide bonds. The smallest absolute Gasteiger partial charge is 0.153 e. The molecule has 6 heteroatoms. The molecule has 1 rings (SSSR count). The van der Waals surface area contributed by atoms with E-state index in [1.807, 2.05) is 11.8 Å². The monoisotopic (exact) mass is 257 g/mol. The molecule has 100 valence electrons. The zero-order chi connectivity index (χ0) is 13.5. The number of halogens is 2. The van der Waals surface area contributed by atoms with Gasteiger partial charge >= 0.3 is 0 Å². The molecule has 0 aromatic heterocycles. The fourth-order valence-corrected chi connectivity index (χ4v) is 1.75. The summed E-state index contributed by atoms with van der Waals surface area (Å²) in [5.41, 5.74) is 5.95. The molecule has 0 aliphatic rings. The molecule has 0 fully saturated rings. The van der Waals surface area contributed by atoms with Crippen LogP contribution in [0.1, 0.15) is 18.9 Å². The first-order valence-electron chi connectivity index (χ1n) is 5.69. The molecule has 18 heavy (non-hydrogen) atoms. The number of hydrogen-bond donors (Lipinski definition) is 2. The normalized spacial score (nSPS) is 12.1. The highest BCUT2D eigenvalue weighted by atomic mass is 19.1. The Morgan fingerprint density at radius 3 is 2.44 bits per heavy atom. The molecule has 1 aromatic carbocycles. The summed E-state index contributed by atoms with van der Waals surface area (Å²) in [6, 6.07) is 3.38. The molecule has 0 unspecified atom stereocenters. The van der Waals surface area contributed by atoms with Gasteiger partial charge in [0.05, 0.1) is 6.54 Å². The maximum absolute atomic E-state index is 13.0. The molecule has 0 spiro atoms. The van der Waals surface area contributed by atoms with Crippen LogP contribution in [-0.2, 0) is 6.54 Å². The van der Waals surface area contributed by atoms with Crippen molar-refractivity contribution in [3.8, 4) is 0 Å². The summed E-state index contributed by atoms with van der Waals surface area (Å²) in [5.74, 6) is -1.14. The van der Waals surface area contributed by atoms with E-state index in [4.69, 9.17) is 10.9 Å². The van der Waals surface area contributed by atoms with Crippen LogP contribution in [0.15, 0.2) is 23.4 Å². The highest BCUT2D eigenvalue weighted by Gasteiger charge is 2.09. The molecule has 3 N–H and O–H groups in total. The van der Waals surface area contributed by atoms with Gasteiger partial charge in [-0.3, -0.25) is 4.90 Å². The van der Waals surface area contributed by atoms with Gasteiger partial charge in [0.25, 0.3) is 0 Å². The second-order valence-corrected chi connectivity index (χ2v) is 4.08. The van der Waals surface area contributed by atoms with Crippen LogP contribution < -0.4 is 5.73 Å². The molecule has 4 nitrogen and oxygen atoms in total. The van der Waals surface area contributed by atoms with Gasteiger partial charge in [0, 0.05) is 12.6 Å². The average molecular weight is 257 g/mol. The molecule has 0 saturated heterocycles. The quantitative estimate of drug-likeness (QED) is 0.354. The molecule has 0 atom stereocenters. The number of nitrogens with zero attached hydrogens (tertiary/aromatic N) is 2. The molecular weight excluding hydrogens is 240 g/mol. The predicted octanol–water partition coefficient (Wildman–Crippen LogP) is 1.92. The lowest BCUT2D eigenvalue weighted by atomic mass is 10.2. The SMILES string of the molecule is CCCN(C/C(N)=N/O)Cc1cc(F)cc(F)c1. The summed E-state index contributed by atoms with van der Waals surface area (Å²) in [4.78, 5) is 1.85. The van der Waals surface area contributed by atoms with Crippen LogP contribution in [-0.4, -0.2) is 29.0 Å². The Labute approximate surface area is 105 Å². The van der Waals surface area contributed by atoms with Crippen molar-refractivity contribution in [2.45, 2.75) is 19.9 Å². The van der Waals surface area contributed by atoms with Crippen LogP contribution in [0.25, 0.3) is 0 Å². The number of nitrogens with two attached hydrogens (primary N) is 1. The highest BCUT2D eigenvalue weighted by Crippen LogP contribution is 2.10. The molecule has 0 bridgehead atoms. The average Bonchev–Trinajstić information content (AvgIpc) is 2.27. The third-order valence-electron chi connectivity index (χ3n) is 2.38. The Morgan fingerprint density at radius 1 is 1.33 bits per heavy atom. The van der Waals surface area contributed by atoms with E-state index in [9.17, 15) is 8.78 Å². The molecule has 0 aliphatic carbocycles. The molecule has 0 radical (unpaired) electrons. The van der Waals surface area contributed by atoms with E-state index in [1.54, 1.807) is 0 Å². The fourth-order valence-electron chi connectivity index (χ4n) is 1.75. The van der Waals surface area contributed by atoms with E-state index in [1.165, 1.54) is 12.1 Å². The lowest BCUT2D eigenvalue weighted by Gasteiger charge is -2.20. The van der Waals surface area contributed by atoms with Crippen LogP contribution in [0.3, 0.4) is 0 Å². The van der Waals surface area contributed by atoms with Gasteiger partial charge in [0.1, 0.15) is 11.6 Å². The van der Waals surface area contributed by atoms with Gasteiger partial charge in [0.15, 0.2) is 5.84 Å². The van der Waals surface area contributed by atoms with E-state index in [-0.39, 0.29) is 12.4 Å². The van der Waals surface area contributed by atoms with Crippen molar-refractivity contribution in [3.63, 3.8) is 0 Å². The van der Waals surface area contributed by atoms with Gasteiger partial charge in [-0.05, 0) is 30.7 Å². The van der Waals surface area contributed by atoms with Crippen molar-refractivity contribution < 1.29 is 14.0 Å². The number of amidine groups is 1. The molecule has 0 saturated carbocycles. The van der Waals surface area contributed by atoms with Crippen molar-refractivity contribution >= 4 is 5.84 Å². The molecule has 0 aliphatic heterocycles. The summed E-state index contributed by atoms with van der Waals surface area (Å²) in [6.45, 7) is 3.26. The van der Waals surface area contributed by atoms with Gasteiger partial charge in [-0.2, -0.15) is 0 Å². The van der Waals surface area contributed by atoms with Crippen molar-refractivity contribution in [1.29, 1.82) is 0 Å². The van der Waals surface area contributed by atoms with E-state index < -0.39 is 11.6 Å². The first-order chi connectivity index (χ1) is 8.55. The Kier molecular flexibility index (Phi) is 5.51. The minimum absolute atomic E-state index is 0.0697. The van der Waals surface area contributed by atoms with E-state index in [0.717, 1.165) is 12.5 Å². The summed E-state index contributed by atoms with van der Waals surface area (Å²) in [5, 5.41) is 11.4. The Balaban J connectivity index is 2.75. The maximum atomic E-state index is 13.0. The van der Waals surface area contributed by atoms with Crippen molar-refractivity contribution in [2.75, 3.05) is 13.1 Å². The van der Waals surface area contributed by atoms with Gasteiger partial charge < -0.3 is 10.9 Å². The molecular formula is C12H17F2N3O. The summed E-state index contributed by atoms with van der Waals surface area (Å²) in [7, 11) is 0. The summed E-state index contributed by atoms with van der Waals surface area (Å²) < 4.78 is 26.1. The van der Waals surface area contributed by atoms with Gasteiger partial charge in [0.2, 0.25) is 0 Å². The van der Waals surface area contributed by atoms with Gasteiger partial charge in [-0.1, -0.05) is 12.1 Å². The fraction of sp³-hybridized carbons (Fsp3) is 0.417. The lowest BCUT2D eigenvalue weighted by Crippen LogP contribution is -2.34. The molecule has 0 heterocycles. The third kappa shape index (κ3) is 4.67. The maximum Gasteiger partial charge on any atom is 0.153 e. The van der Waals surface area contributed by atoms with Crippen molar-refractivity contribution in [3.05, 3.63) is 35.4 Å². The highest BCUT2D eigenvalue weighted by molar-refractivity contribution is 5.81. The van der Waals surface area contributed by atoms with Gasteiger partial charge in [-0.25, -0.2) is 8.78 Å². The van der Waals surface area contributed by atoms with Gasteiger partial charge in [-0.15, -0.1) is 0 Å².